The Morgan fingerprint density at radius 1 is 0.842 bits per heavy atom. The second-order valence-electron chi connectivity index (χ2n) is 2.71. The van der Waals surface area contributed by atoms with Gasteiger partial charge in [-0.3, -0.25) is 0 Å². The van der Waals surface area contributed by atoms with Crippen molar-refractivity contribution >= 4 is 11.9 Å². The number of carboxylic acid groups (broad SMARTS) is 2. The van der Waals surface area contributed by atoms with E-state index in [1.54, 1.807) is 13.8 Å². The zero-order valence-electron chi connectivity index (χ0n) is 11.8. The molecule has 0 radical (unpaired) electrons. The minimum atomic E-state index is -1.19. The minimum absolute atomic E-state index is 0. The molecule has 0 unspecified atom stereocenters. The first kappa shape index (κ1) is 30.8. The van der Waals surface area contributed by atoms with Crippen molar-refractivity contribution in [3.05, 3.63) is 24.3 Å². The van der Waals surface area contributed by atoms with E-state index < -0.39 is 11.9 Å². The molecule has 108 valence electrons. The number of carboxylic acids is 2. The minimum Gasteiger partial charge on any atom is -0.855 e. The first-order valence-corrected chi connectivity index (χ1v) is 5.02. The van der Waals surface area contributed by atoms with E-state index >= 15 is 0 Å². The molecule has 0 saturated heterocycles. The molecule has 0 atom stereocenters. The average Bonchev–Trinajstić information content (AvgIpc) is 2.20. The van der Waals surface area contributed by atoms with Crippen LogP contribution in [0.2, 0.25) is 0 Å². The summed E-state index contributed by atoms with van der Waals surface area (Å²) in [6.07, 6.45) is 0. The molecule has 19 heavy (non-hydrogen) atoms. The normalized spacial score (nSPS) is 6.63. The van der Waals surface area contributed by atoms with Crippen LogP contribution in [0.25, 0.3) is 0 Å². The summed E-state index contributed by atoms with van der Waals surface area (Å²) in [6, 6.07) is 0. The predicted octanol–water partition coefficient (Wildman–Crippen LogP) is -2.64. The topological polar surface area (TPSA) is 126 Å². The molecule has 0 aromatic rings. The number of aliphatic carboxylic acids is 2. The van der Waals surface area contributed by atoms with E-state index in [1.165, 1.54) is 13.8 Å². The summed E-state index contributed by atoms with van der Waals surface area (Å²) >= 11 is 0. The summed E-state index contributed by atoms with van der Waals surface area (Å²) in [4.78, 5) is 19.0. The van der Waals surface area contributed by atoms with Crippen molar-refractivity contribution in [1.82, 2.24) is 0 Å². The largest absolute Gasteiger partial charge is 4.00 e. The van der Waals surface area contributed by atoms with Gasteiger partial charge in [-0.05, 0) is 25.0 Å². The molecule has 0 N–H and O–H groups in total. The van der Waals surface area contributed by atoms with Crippen molar-refractivity contribution in [3.8, 4) is 0 Å². The maximum Gasteiger partial charge on any atom is 4.00 e. The summed E-state index contributed by atoms with van der Waals surface area (Å²) < 4.78 is 0. The van der Waals surface area contributed by atoms with Gasteiger partial charge in [0.15, 0.2) is 0 Å². The molecule has 6 nitrogen and oxygen atoms in total. The molecule has 0 amide bonds. The third-order valence-corrected chi connectivity index (χ3v) is 0.697. The van der Waals surface area contributed by atoms with Gasteiger partial charge in [0.25, 0.3) is 0 Å². The van der Waals surface area contributed by atoms with E-state index in [9.17, 15) is 19.8 Å². The number of carbonyl (C=O) groups is 2. The summed E-state index contributed by atoms with van der Waals surface area (Å²) in [6.45, 7) is 12.1. The van der Waals surface area contributed by atoms with Gasteiger partial charge in [0.1, 0.15) is 0 Å². The quantitative estimate of drug-likeness (QED) is 0.405. The van der Waals surface area contributed by atoms with E-state index in [2.05, 4.69) is 13.2 Å². The van der Waals surface area contributed by atoms with Crippen LogP contribution >= 0.6 is 0 Å². The number of hydrogen-bond donors (Lipinski definition) is 0. The van der Waals surface area contributed by atoms with Crippen LogP contribution in [0.3, 0.4) is 0 Å². The molecule has 0 fully saturated rings. The molecule has 0 aromatic heterocycles. The number of rotatable bonds is 2. The second kappa shape index (κ2) is 25.8. The Morgan fingerprint density at radius 2 is 0.895 bits per heavy atom. The molecule has 7 heteroatoms. The van der Waals surface area contributed by atoms with Gasteiger partial charge in [-0.25, -0.2) is 0 Å². The Hall–Kier alpha value is -0.946. The van der Waals surface area contributed by atoms with Gasteiger partial charge < -0.3 is 30.0 Å². The first-order chi connectivity index (χ1) is 8.11. The Morgan fingerprint density at radius 3 is 0.895 bits per heavy atom. The van der Waals surface area contributed by atoms with Gasteiger partial charge >= 0.3 is 21.7 Å². The molecular formula is C12H20O6Ti. The first-order valence-electron chi connectivity index (χ1n) is 5.02. The van der Waals surface area contributed by atoms with Crippen molar-refractivity contribution in [3.63, 3.8) is 0 Å². The van der Waals surface area contributed by atoms with Gasteiger partial charge in [-0.15, -0.1) is 13.2 Å². The molecular weight excluding hydrogens is 288 g/mol. The fourth-order valence-electron chi connectivity index (χ4n) is 0. The SMILES string of the molecule is C=C(C)C(=O)[O-].C=C(C)C(=O)[O-].CC[O-].CC[O-].[Ti+4]. The van der Waals surface area contributed by atoms with Crippen molar-refractivity contribution in [2.75, 3.05) is 13.2 Å². The predicted molar refractivity (Wildman–Crippen MR) is 60.7 cm³/mol. The van der Waals surface area contributed by atoms with Crippen LogP contribution < -0.4 is 20.4 Å². The Balaban J connectivity index is -0.0000000476. The van der Waals surface area contributed by atoms with E-state index in [0.29, 0.717) is 0 Å². The van der Waals surface area contributed by atoms with Crippen molar-refractivity contribution in [2.24, 2.45) is 0 Å². The van der Waals surface area contributed by atoms with Crippen LogP contribution in [-0.4, -0.2) is 25.2 Å². The molecule has 0 heterocycles. The fourth-order valence-corrected chi connectivity index (χ4v) is 0. The van der Waals surface area contributed by atoms with E-state index in [0.717, 1.165) is 0 Å². The Labute approximate surface area is 129 Å². The zero-order chi connectivity index (χ0) is 15.7. The molecule has 0 bridgehead atoms. The van der Waals surface area contributed by atoms with Crippen LogP contribution in [0.1, 0.15) is 27.7 Å². The molecule has 0 aromatic carbocycles. The average molecular weight is 308 g/mol. The van der Waals surface area contributed by atoms with Crippen LogP contribution in [0.4, 0.5) is 0 Å². The van der Waals surface area contributed by atoms with Crippen LogP contribution in [0.15, 0.2) is 24.3 Å². The monoisotopic (exact) mass is 308 g/mol. The third kappa shape index (κ3) is 77.7. The maximum absolute atomic E-state index is 9.49. The third-order valence-electron chi connectivity index (χ3n) is 0.697. The van der Waals surface area contributed by atoms with Gasteiger partial charge in [0.2, 0.25) is 0 Å². The van der Waals surface area contributed by atoms with Crippen molar-refractivity contribution < 1.29 is 51.7 Å². The summed E-state index contributed by atoms with van der Waals surface area (Å²) in [5.41, 5.74) is 0.130. The summed E-state index contributed by atoms with van der Waals surface area (Å²) in [5.74, 6) is -2.37. The molecule has 0 spiro atoms. The molecule has 0 aliphatic rings. The van der Waals surface area contributed by atoms with Gasteiger partial charge in [-0.1, -0.05) is 27.0 Å². The summed E-state index contributed by atoms with van der Waals surface area (Å²) in [5, 5.41) is 36.8. The Bertz CT molecular complexity index is 201. The van der Waals surface area contributed by atoms with E-state index in [1.807, 2.05) is 0 Å². The van der Waals surface area contributed by atoms with Crippen LogP contribution in [0, 0.1) is 0 Å². The van der Waals surface area contributed by atoms with Gasteiger partial charge in [0, 0.05) is 0 Å². The maximum atomic E-state index is 9.49. The zero-order valence-corrected chi connectivity index (χ0v) is 13.3. The smallest absolute Gasteiger partial charge is 0.855 e. The van der Waals surface area contributed by atoms with E-state index in [4.69, 9.17) is 10.2 Å². The summed E-state index contributed by atoms with van der Waals surface area (Å²) in [7, 11) is 0. The Kier molecular flexibility index (Phi) is 41.8. The fraction of sp³-hybridized carbons (Fsp3) is 0.500. The molecule has 0 aliphatic heterocycles. The van der Waals surface area contributed by atoms with E-state index in [-0.39, 0.29) is 46.1 Å². The van der Waals surface area contributed by atoms with Crippen LogP contribution in [-0.2, 0) is 31.3 Å². The number of carbonyl (C=O) groups excluding carboxylic acids is 2. The second-order valence-corrected chi connectivity index (χ2v) is 2.71. The number of hydrogen-bond acceptors (Lipinski definition) is 6. The van der Waals surface area contributed by atoms with Gasteiger partial charge in [-0.2, -0.15) is 0 Å². The van der Waals surface area contributed by atoms with Crippen LogP contribution in [0.5, 0.6) is 0 Å². The standard InChI is InChI=1S/2C4H6O2.2C2H5O.Ti/c2*1-3(2)4(5)6;2*1-2-3;/h2*1H2,2H3,(H,5,6);2*2H2,1H3;/q;;2*-1;+4/p-2. The van der Waals surface area contributed by atoms with Gasteiger partial charge in [0.05, 0.1) is 11.9 Å². The van der Waals surface area contributed by atoms with Crippen molar-refractivity contribution in [1.29, 1.82) is 0 Å². The molecule has 0 rings (SSSR count). The molecule has 0 aliphatic carbocycles. The molecule has 0 saturated carbocycles. The van der Waals surface area contributed by atoms with Crippen molar-refractivity contribution in [2.45, 2.75) is 27.7 Å².